The Labute approximate surface area is 116 Å². The number of ether oxygens (including phenoxy) is 1. The minimum absolute atomic E-state index is 0.0747. The fourth-order valence-corrected chi connectivity index (χ4v) is 2.47. The first-order valence-electron chi connectivity index (χ1n) is 5.79. The summed E-state index contributed by atoms with van der Waals surface area (Å²) in [6.45, 7) is 1.37. The first-order chi connectivity index (χ1) is 9.34. The van der Waals surface area contributed by atoms with Crippen LogP contribution < -0.4 is 4.72 Å². The molecule has 2 N–H and O–H groups in total. The van der Waals surface area contributed by atoms with E-state index >= 15 is 0 Å². The molecule has 1 aromatic carbocycles. The Morgan fingerprint density at radius 3 is 2.35 bits per heavy atom. The molecule has 0 atom stereocenters. The van der Waals surface area contributed by atoms with Crippen LogP contribution in [0.5, 0.6) is 0 Å². The van der Waals surface area contributed by atoms with Gasteiger partial charge in [0.05, 0.1) is 17.9 Å². The van der Waals surface area contributed by atoms with Crippen LogP contribution in [0.25, 0.3) is 0 Å². The highest BCUT2D eigenvalue weighted by Crippen LogP contribution is 2.07. The molecule has 0 amide bonds. The van der Waals surface area contributed by atoms with Crippen molar-refractivity contribution in [3.63, 3.8) is 0 Å². The Kier molecular flexibility index (Phi) is 5.66. The molecule has 0 saturated carbocycles. The number of sulfonamides is 1. The molecule has 0 bridgehead atoms. The lowest BCUT2D eigenvalue weighted by molar-refractivity contribution is -0.141. The molecular weight excluding hydrogens is 286 g/mol. The smallest absolute Gasteiger partial charge is 0.335 e. The van der Waals surface area contributed by atoms with E-state index in [1.165, 1.54) is 24.3 Å². The van der Waals surface area contributed by atoms with Crippen molar-refractivity contribution >= 4 is 22.0 Å². The van der Waals surface area contributed by atoms with E-state index in [2.05, 4.69) is 9.46 Å². The maximum atomic E-state index is 11.7. The molecule has 110 valence electrons. The lowest BCUT2D eigenvalue weighted by Gasteiger charge is -2.06. The second-order valence-corrected chi connectivity index (χ2v) is 5.69. The van der Waals surface area contributed by atoms with Gasteiger partial charge in [0, 0.05) is 0 Å². The number of carbonyl (C=O) groups is 2. The first-order valence-corrected chi connectivity index (χ1v) is 7.44. The summed E-state index contributed by atoms with van der Waals surface area (Å²) < 4.78 is 30.1. The summed E-state index contributed by atoms with van der Waals surface area (Å²) in [6, 6.07) is 5.46. The lowest BCUT2D eigenvalue weighted by atomic mass is 10.1. The zero-order valence-corrected chi connectivity index (χ0v) is 11.6. The van der Waals surface area contributed by atoms with Gasteiger partial charge in [0.25, 0.3) is 0 Å². The third-order valence-electron chi connectivity index (χ3n) is 2.30. The van der Waals surface area contributed by atoms with Crippen LogP contribution in [0.3, 0.4) is 0 Å². The highest BCUT2D eigenvalue weighted by atomic mass is 32.2. The Bertz CT molecular complexity index is 578. The molecule has 1 aromatic rings. The van der Waals surface area contributed by atoms with Gasteiger partial charge in [-0.05, 0) is 24.6 Å². The molecule has 8 heteroatoms. The van der Waals surface area contributed by atoms with E-state index in [0.29, 0.717) is 5.56 Å². The largest absolute Gasteiger partial charge is 0.478 e. The van der Waals surface area contributed by atoms with Gasteiger partial charge in [0.2, 0.25) is 10.0 Å². The molecule has 0 aliphatic heterocycles. The van der Waals surface area contributed by atoms with Crippen LogP contribution in [0, 0.1) is 0 Å². The summed E-state index contributed by atoms with van der Waals surface area (Å²) in [5, 5.41) is 8.72. The maximum absolute atomic E-state index is 11.7. The van der Waals surface area contributed by atoms with E-state index < -0.39 is 28.5 Å². The van der Waals surface area contributed by atoms with Crippen molar-refractivity contribution in [2.75, 3.05) is 13.2 Å². The Morgan fingerprint density at radius 2 is 1.85 bits per heavy atom. The van der Waals surface area contributed by atoms with E-state index in [-0.39, 0.29) is 17.9 Å². The van der Waals surface area contributed by atoms with Gasteiger partial charge in [-0.25, -0.2) is 17.9 Å². The predicted octanol–water partition coefficient (Wildman–Crippen LogP) is 0.367. The van der Waals surface area contributed by atoms with Gasteiger partial charge in [0.15, 0.2) is 0 Å². The van der Waals surface area contributed by atoms with Crippen LogP contribution in [-0.2, 0) is 25.3 Å². The van der Waals surface area contributed by atoms with Crippen LogP contribution in [0.4, 0.5) is 0 Å². The summed E-state index contributed by atoms with van der Waals surface area (Å²) in [5.41, 5.74) is 0.497. The van der Waals surface area contributed by atoms with Gasteiger partial charge in [-0.2, -0.15) is 0 Å². The molecular formula is C12H15NO6S. The van der Waals surface area contributed by atoms with Crippen molar-refractivity contribution in [3.05, 3.63) is 35.4 Å². The van der Waals surface area contributed by atoms with Crippen molar-refractivity contribution in [1.82, 2.24) is 4.72 Å². The summed E-state index contributed by atoms with van der Waals surface area (Å²) in [4.78, 5) is 21.7. The molecule has 0 unspecified atom stereocenters. The van der Waals surface area contributed by atoms with Crippen molar-refractivity contribution in [2.24, 2.45) is 0 Å². The molecule has 0 fully saturated rings. The summed E-state index contributed by atoms with van der Waals surface area (Å²) >= 11 is 0. The number of hydrogen-bond donors (Lipinski definition) is 2. The van der Waals surface area contributed by atoms with Crippen molar-refractivity contribution < 1.29 is 27.9 Å². The van der Waals surface area contributed by atoms with Gasteiger partial charge in [-0.15, -0.1) is 0 Å². The van der Waals surface area contributed by atoms with Crippen molar-refractivity contribution in [3.8, 4) is 0 Å². The minimum atomic E-state index is -3.68. The quantitative estimate of drug-likeness (QED) is 0.704. The SMILES string of the molecule is CCOC(=O)CNS(=O)(=O)Cc1ccc(C(=O)O)cc1. The van der Waals surface area contributed by atoms with Crippen LogP contribution >= 0.6 is 0 Å². The molecule has 0 saturated heterocycles. The zero-order valence-electron chi connectivity index (χ0n) is 10.8. The van der Waals surface area contributed by atoms with Gasteiger partial charge in [-0.3, -0.25) is 4.79 Å². The third kappa shape index (κ3) is 5.37. The molecule has 0 aliphatic rings. The second-order valence-electron chi connectivity index (χ2n) is 3.89. The van der Waals surface area contributed by atoms with E-state index in [1.807, 2.05) is 0 Å². The van der Waals surface area contributed by atoms with Crippen LogP contribution in [0.15, 0.2) is 24.3 Å². The second kappa shape index (κ2) is 7.01. The molecule has 1 rings (SSSR count). The van der Waals surface area contributed by atoms with Crippen molar-refractivity contribution in [2.45, 2.75) is 12.7 Å². The fourth-order valence-electron chi connectivity index (χ4n) is 1.39. The summed E-state index contributed by atoms with van der Waals surface area (Å²) in [5.74, 6) is -2.08. The Hall–Kier alpha value is -1.93. The van der Waals surface area contributed by atoms with Crippen LogP contribution in [0.1, 0.15) is 22.8 Å². The summed E-state index contributed by atoms with van der Waals surface area (Å²) in [6.07, 6.45) is 0. The van der Waals surface area contributed by atoms with E-state index in [4.69, 9.17) is 5.11 Å². The minimum Gasteiger partial charge on any atom is -0.478 e. The van der Waals surface area contributed by atoms with Crippen molar-refractivity contribution in [1.29, 1.82) is 0 Å². The number of rotatable bonds is 7. The summed E-state index contributed by atoms with van der Waals surface area (Å²) in [7, 11) is -3.68. The van der Waals surface area contributed by atoms with E-state index in [1.54, 1.807) is 6.92 Å². The maximum Gasteiger partial charge on any atom is 0.335 e. The average molecular weight is 301 g/mol. The highest BCUT2D eigenvalue weighted by Gasteiger charge is 2.14. The molecule has 7 nitrogen and oxygen atoms in total. The van der Waals surface area contributed by atoms with Gasteiger partial charge in [0.1, 0.15) is 6.54 Å². The van der Waals surface area contributed by atoms with Gasteiger partial charge >= 0.3 is 11.9 Å². The number of carbonyl (C=O) groups excluding carboxylic acids is 1. The molecule has 0 spiro atoms. The third-order valence-corrected chi connectivity index (χ3v) is 3.60. The highest BCUT2D eigenvalue weighted by molar-refractivity contribution is 7.88. The number of esters is 1. The van der Waals surface area contributed by atoms with Crippen LogP contribution in [-0.4, -0.2) is 38.6 Å². The van der Waals surface area contributed by atoms with Crippen LogP contribution in [0.2, 0.25) is 0 Å². The standard InChI is InChI=1S/C12H15NO6S/c1-2-19-11(14)7-13-20(17,18)8-9-3-5-10(6-4-9)12(15)16/h3-6,13H,2,7-8H2,1H3,(H,15,16). The predicted molar refractivity (Wildman–Crippen MR) is 70.7 cm³/mol. The number of hydrogen-bond acceptors (Lipinski definition) is 5. The number of nitrogens with one attached hydrogen (secondary N) is 1. The first kappa shape index (κ1) is 16.1. The number of benzene rings is 1. The molecule has 0 aromatic heterocycles. The molecule has 0 aliphatic carbocycles. The topological polar surface area (TPSA) is 110 Å². The average Bonchev–Trinajstić information content (AvgIpc) is 2.37. The Morgan fingerprint density at radius 1 is 1.25 bits per heavy atom. The number of aromatic carboxylic acids is 1. The van der Waals surface area contributed by atoms with Gasteiger partial charge < -0.3 is 9.84 Å². The molecule has 20 heavy (non-hydrogen) atoms. The normalized spacial score (nSPS) is 11.1. The van der Waals surface area contributed by atoms with Gasteiger partial charge in [-0.1, -0.05) is 12.1 Å². The van der Waals surface area contributed by atoms with E-state index in [0.717, 1.165) is 0 Å². The Balaban J connectivity index is 2.62. The molecule has 0 heterocycles. The molecule has 0 radical (unpaired) electrons. The van der Waals surface area contributed by atoms with E-state index in [9.17, 15) is 18.0 Å². The zero-order chi connectivity index (χ0) is 15.2. The fraction of sp³-hybridized carbons (Fsp3) is 0.333. The number of carboxylic acids is 1. The monoisotopic (exact) mass is 301 g/mol. The lowest BCUT2D eigenvalue weighted by Crippen LogP contribution is -2.31. The number of carboxylic acid groups (broad SMARTS) is 1.